The lowest BCUT2D eigenvalue weighted by Gasteiger charge is -2.09. The Kier molecular flexibility index (Phi) is 3.32. The summed E-state index contributed by atoms with van der Waals surface area (Å²) in [5.74, 6) is -0.237. The van der Waals surface area contributed by atoms with E-state index < -0.39 is 17.5 Å². The molecule has 0 radical (unpaired) electrons. The van der Waals surface area contributed by atoms with Gasteiger partial charge < -0.3 is 14.9 Å². The molecule has 5 nitrogen and oxygen atoms in total. The zero-order chi connectivity index (χ0) is 15.0. The molecule has 3 rings (SSSR count). The standard InChI is InChI=1S/C13H12F3N3O2/c14-13(15,16)9-5-7(1-2-10(9)20)11-18-12(21-19-11)8-3-4-17-6-8/h1-2,5,8,17,20H,3-4,6H2. The second-order valence-corrected chi connectivity index (χ2v) is 4.88. The summed E-state index contributed by atoms with van der Waals surface area (Å²) in [6, 6.07) is 3.12. The average Bonchev–Trinajstić information content (AvgIpc) is 3.09. The Morgan fingerprint density at radius 2 is 2.14 bits per heavy atom. The maximum Gasteiger partial charge on any atom is 0.419 e. The number of phenolic OH excluding ortho intramolecular Hbond substituents is 1. The number of aromatic hydroxyl groups is 1. The average molecular weight is 299 g/mol. The third-order valence-electron chi connectivity index (χ3n) is 3.41. The first kappa shape index (κ1) is 13.9. The van der Waals surface area contributed by atoms with E-state index in [9.17, 15) is 18.3 Å². The van der Waals surface area contributed by atoms with Crippen LogP contribution in [0.5, 0.6) is 5.75 Å². The van der Waals surface area contributed by atoms with E-state index in [0.29, 0.717) is 12.4 Å². The van der Waals surface area contributed by atoms with Crippen LogP contribution in [0.1, 0.15) is 23.8 Å². The van der Waals surface area contributed by atoms with Crippen molar-refractivity contribution < 1.29 is 22.8 Å². The molecule has 112 valence electrons. The van der Waals surface area contributed by atoms with E-state index in [0.717, 1.165) is 25.1 Å². The van der Waals surface area contributed by atoms with Gasteiger partial charge in [0.05, 0.1) is 11.5 Å². The summed E-state index contributed by atoms with van der Waals surface area (Å²) < 4.78 is 43.4. The van der Waals surface area contributed by atoms with Crippen molar-refractivity contribution in [1.29, 1.82) is 0 Å². The predicted octanol–water partition coefficient (Wildman–Crippen LogP) is 2.54. The molecule has 1 fully saturated rings. The van der Waals surface area contributed by atoms with Crippen LogP contribution in [0.2, 0.25) is 0 Å². The first-order chi connectivity index (χ1) is 9.95. The number of hydrogen-bond acceptors (Lipinski definition) is 5. The number of phenols is 1. The molecule has 0 bridgehead atoms. The Hall–Kier alpha value is -2.09. The quantitative estimate of drug-likeness (QED) is 0.891. The Morgan fingerprint density at radius 3 is 2.81 bits per heavy atom. The number of halogens is 3. The normalized spacial score (nSPS) is 19.1. The number of hydrogen-bond donors (Lipinski definition) is 2. The lowest BCUT2D eigenvalue weighted by atomic mass is 10.1. The van der Waals surface area contributed by atoms with Crippen LogP contribution in [-0.2, 0) is 6.18 Å². The Balaban J connectivity index is 1.93. The molecule has 0 saturated carbocycles. The van der Waals surface area contributed by atoms with Gasteiger partial charge in [-0.25, -0.2) is 0 Å². The van der Waals surface area contributed by atoms with E-state index >= 15 is 0 Å². The minimum Gasteiger partial charge on any atom is -0.507 e. The van der Waals surface area contributed by atoms with Crippen LogP contribution < -0.4 is 5.32 Å². The maximum atomic E-state index is 12.8. The molecule has 0 amide bonds. The molecule has 8 heteroatoms. The lowest BCUT2D eigenvalue weighted by molar-refractivity contribution is -0.138. The van der Waals surface area contributed by atoms with E-state index in [-0.39, 0.29) is 17.3 Å². The second kappa shape index (κ2) is 5.03. The topological polar surface area (TPSA) is 71.2 Å². The molecule has 1 unspecified atom stereocenters. The van der Waals surface area contributed by atoms with Crippen molar-refractivity contribution >= 4 is 0 Å². The van der Waals surface area contributed by atoms with Gasteiger partial charge in [-0.15, -0.1) is 0 Å². The number of rotatable bonds is 2. The van der Waals surface area contributed by atoms with Crippen molar-refractivity contribution in [2.24, 2.45) is 0 Å². The van der Waals surface area contributed by atoms with Crippen molar-refractivity contribution in [2.45, 2.75) is 18.5 Å². The fourth-order valence-electron chi connectivity index (χ4n) is 2.29. The maximum absolute atomic E-state index is 12.8. The van der Waals surface area contributed by atoms with E-state index in [1.54, 1.807) is 0 Å². The highest BCUT2D eigenvalue weighted by Crippen LogP contribution is 2.37. The van der Waals surface area contributed by atoms with Gasteiger partial charge in [0, 0.05) is 12.1 Å². The van der Waals surface area contributed by atoms with Crippen LogP contribution in [0.15, 0.2) is 22.7 Å². The highest BCUT2D eigenvalue weighted by molar-refractivity contribution is 5.58. The van der Waals surface area contributed by atoms with Crippen LogP contribution in [0.4, 0.5) is 13.2 Å². The lowest BCUT2D eigenvalue weighted by Crippen LogP contribution is -2.08. The van der Waals surface area contributed by atoms with Gasteiger partial charge in [0.2, 0.25) is 11.7 Å². The van der Waals surface area contributed by atoms with E-state index in [2.05, 4.69) is 15.5 Å². The van der Waals surface area contributed by atoms with Gasteiger partial charge in [-0.3, -0.25) is 0 Å². The van der Waals surface area contributed by atoms with Crippen LogP contribution in [0, 0.1) is 0 Å². The van der Waals surface area contributed by atoms with Crippen LogP contribution >= 0.6 is 0 Å². The fraction of sp³-hybridized carbons (Fsp3) is 0.385. The predicted molar refractivity (Wildman–Crippen MR) is 66.6 cm³/mol. The summed E-state index contributed by atoms with van der Waals surface area (Å²) in [4.78, 5) is 4.15. The van der Waals surface area contributed by atoms with Crippen molar-refractivity contribution in [1.82, 2.24) is 15.5 Å². The monoisotopic (exact) mass is 299 g/mol. The highest BCUT2D eigenvalue weighted by atomic mass is 19.4. The molecule has 0 aliphatic carbocycles. The summed E-state index contributed by atoms with van der Waals surface area (Å²) >= 11 is 0. The second-order valence-electron chi connectivity index (χ2n) is 4.88. The molecule has 1 aromatic carbocycles. The number of alkyl halides is 3. The molecular weight excluding hydrogens is 287 g/mol. The van der Waals surface area contributed by atoms with Gasteiger partial charge in [-0.2, -0.15) is 18.2 Å². The largest absolute Gasteiger partial charge is 0.507 e. The zero-order valence-electron chi connectivity index (χ0n) is 10.8. The SMILES string of the molecule is Oc1ccc(-c2noc(C3CCNC3)n2)cc1C(F)(F)F. The van der Waals surface area contributed by atoms with E-state index in [4.69, 9.17) is 4.52 Å². The highest BCUT2D eigenvalue weighted by Gasteiger charge is 2.34. The summed E-state index contributed by atoms with van der Waals surface area (Å²) in [6.45, 7) is 1.56. The van der Waals surface area contributed by atoms with Gasteiger partial charge in [0.15, 0.2) is 0 Å². The zero-order valence-corrected chi connectivity index (χ0v) is 10.8. The summed E-state index contributed by atoms with van der Waals surface area (Å²) in [5, 5.41) is 16.2. The van der Waals surface area contributed by atoms with Gasteiger partial charge in [0.1, 0.15) is 5.75 Å². The summed E-state index contributed by atoms with van der Waals surface area (Å²) in [5.41, 5.74) is -0.963. The molecule has 21 heavy (non-hydrogen) atoms. The van der Waals surface area contributed by atoms with Gasteiger partial charge >= 0.3 is 6.18 Å². The Labute approximate surface area is 117 Å². The van der Waals surface area contributed by atoms with E-state index in [1.807, 2.05) is 0 Å². The molecule has 1 aliphatic heterocycles. The van der Waals surface area contributed by atoms with Crippen molar-refractivity contribution in [3.05, 3.63) is 29.7 Å². The number of nitrogens with one attached hydrogen (secondary N) is 1. The van der Waals surface area contributed by atoms with Gasteiger partial charge in [-0.1, -0.05) is 5.16 Å². The molecule has 2 heterocycles. The minimum atomic E-state index is -4.64. The molecule has 1 atom stereocenters. The van der Waals surface area contributed by atoms with Gasteiger partial charge in [0.25, 0.3) is 0 Å². The van der Waals surface area contributed by atoms with Crippen molar-refractivity contribution in [3.8, 4) is 17.1 Å². The third kappa shape index (κ3) is 2.71. The Morgan fingerprint density at radius 1 is 1.33 bits per heavy atom. The molecule has 2 N–H and O–H groups in total. The van der Waals surface area contributed by atoms with Crippen molar-refractivity contribution in [3.63, 3.8) is 0 Å². The Bertz CT molecular complexity index is 648. The minimum absolute atomic E-state index is 0.0856. The fourth-order valence-corrected chi connectivity index (χ4v) is 2.29. The molecule has 1 aromatic heterocycles. The smallest absolute Gasteiger partial charge is 0.419 e. The number of nitrogens with zero attached hydrogens (tertiary/aromatic N) is 2. The molecule has 1 aliphatic rings. The number of aromatic nitrogens is 2. The van der Waals surface area contributed by atoms with Crippen LogP contribution in [0.3, 0.4) is 0 Å². The first-order valence-electron chi connectivity index (χ1n) is 6.40. The van der Waals surface area contributed by atoms with Crippen molar-refractivity contribution in [2.75, 3.05) is 13.1 Å². The molecular formula is C13H12F3N3O2. The molecule has 1 saturated heterocycles. The van der Waals surface area contributed by atoms with E-state index in [1.165, 1.54) is 6.07 Å². The molecule has 2 aromatic rings. The van der Waals surface area contributed by atoms with Gasteiger partial charge in [-0.05, 0) is 31.2 Å². The third-order valence-corrected chi connectivity index (χ3v) is 3.41. The molecule has 0 spiro atoms. The summed E-state index contributed by atoms with van der Waals surface area (Å²) in [6.07, 6.45) is -3.78. The van der Waals surface area contributed by atoms with Crippen LogP contribution in [-0.4, -0.2) is 28.3 Å². The van der Waals surface area contributed by atoms with Crippen LogP contribution in [0.25, 0.3) is 11.4 Å². The number of benzene rings is 1. The summed E-state index contributed by atoms with van der Waals surface area (Å²) in [7, 11) is 0. The first-order valence-corrected chi connectivity index (χ1v) is 6.40.